The number of carboxylic acid groups (broad SMARTS) is 1. The number of pyridine rings is 1. The quantitative estimate of drug-likeness (QED) is 0.667. The van der Waals surface area contributed by atoms with Gasteiger partial charge in [0.15, 0.2) is 0 Å². The van der Waals surface area contributed by atoms with E-state index in [9.17, 15) is 14.3 Å². The molecule has 2 heterocycles. The summed E-state index contributed by atoms with van der Waals surface area (Å²) in [6, 6.07) is 13.7. The van der Waals surface area contributed by atoms with Crippen LogP contribution < -0.4 is 4.90 Å². The van der Waals surface area contributed by atoms with Crippen molar-refractivity contribution in [3.63, 3.8) is 0 Å². The standard InChI is InChI=1S/C24H26FN3O2/c1-3-28-12-10-20(11-13-28)27(2)22-15-18-14-17(24(29)30)6-9-21(18)26-23(22)16-4-7-19(25)8-5-16/h4-9,14-15,20H,3,10-13H2,1-2H3,(H,29,30). The molecule has 30 heavy (non-hydrogen) atoms. The maximum atomic E-state index is 13.5. The van der Waals surface area contributed by atoms with Crippen LogP contribution in [-0.4, -0.2) is 53.7 Å². The van der Waals surface area contributed by atoms with E-state index in [2.05, 4.69) is 23.8 Å². The predicted octanol–water partition coefficient (Wildman–Crippen LogP) is 4.66. The third kappa shape index (κ3) is 4.00. The van der Waals surface area contributed by atoms with Crippen LogP contribution in [0.5, 0.6) is 0 Å². The lowest BCUT2D eigenvalue weighted by atomic mass is 10.00. The lowest BCUT2D eigenvalue weighted by Gasteiger charge is -2.38. The number of aromatic nitrogens is 1. The average Bonchev–Trinajstić information content (AvgIpc) is 2.78. The van der Waals surface area contributed by atoms with Gasteiger partial charge in [-0.1, -0.05) is 6.92 Å². The van der Waals surface area contributed by atoms with Crippen molar-refractivity contribution < 1.29 is 14.3 Å². The molecule has 0 radical (unpaired) electrons. The van der Waals surface area contributed by atoms with E-state index >= 15 is 0 Å². The molecular formula is C24H26FN3O2. The summed E-state index contributed by atoms with van der Waals surface area (Å²) in [6.45, 7) is 5.36. The van der Waals surface area contributed by atoms with Gasteiger partial charge in [0.2, 0.25) is 0 Å². The topological polar surface area (TPSA) is 56.7 Å². The molecule has 6 heteroatoms. The molecular weight excluding hydrogens is 381 g/mol. The van der Waals surface area contributed by atoms with Crippen molar-refractivity contribution in [3.05, 3.63) is 59.9 Å². The van der Waals surface area contributed by atoms with Gasteiger partial charge in [-0.25, -0.2) is 14.2 Å². The lowest BCUT2D eigenvalue weighted by Crippen LogP contribution is -2.43. The molecule has 156 valence electrons. The number of anilines is 1. The van der Waals surface area contributed by atoms with Crippen LogP contribution in [-0.2, 0) is 0 Å². The van der Waals surface area contributed by atoms with Gasteiger partial charge in [0.25, 0.3) is 0 Å². The van der Waals surface area contributed by atoms with Crippen molar-refractivity contribution in [2.45, 2.75) is 25.8 Å². The maximum Gasteiger partial charge on any atom is 0.335 e. The van der Waals surface area contributed by atoms with Crippen LogP contribution in [0.2, 0.25) is 0 Å². The van der Waals surface area contributed by atoms with E-state index in [0.717, 1.165) is 60.3 Å². The summed E-state index contributed by atoms with van der Waals surface area (Å²) in [6.07, 6.45) is 2.11. The molecule has 1 fully saturated rings. The largest absolute Gasteiger partial charge is 0.478 e. The van der Waals surface area contributed by atoms with Crippen molar-refractivity contribution >= 4 is 22.6 Å². The van der Waals surface area contributed by atoms with Gasteiger partial charge >= 0.3 is 5.97 Å². The molecule has 1 aromatic heterocycles. The molecule has 0 atom stereocenters. The van der Waals surface area contributed by atoms with Crippen LogP contribution in [0.15, 0.2) is 48.5 Å². The van der Waals surface area contributed by atoms with E-state index < -0.39 is 5.97 Å². The number of carbonyl (C=O) groups is 1. The van der Waals surface area contributed by atoms with Crippen molar-refractivity contribution in [2.75, 3.05) is 31.6 Å². The number of likely N-dealkylation sites (tertiary alicyclic amines) is 1. The van der Waals surface area contributed by atoms with Gasteiger partial charge in [-0.05, 0) is 67.9 Å². The van der Waals surface area contributed by atoms with Crippen LogP contribution in [0.3, 0.4) is 0 Å². The van der Waals surface area contributed by atoms with Crippen LogP contribution in [0, 0.1) is 5.82 Å². The van der Waals surface area contributed by atoms with Gasteiger partial charge in [0.05, 0.1) is 22.5 Å². The molecule has 1 N–H and O–H groups in total. The normalized spacial score (nSPS) is 15.4. The number of piperidine rings is 1. The highest BCUT2D eigenvalue weighted by atomic mass is 19.1. The van der Waals surface area contributed by atoms with Crippen molar-refractivity contribution in [3.8, 4) is 11.3 Å². The molecule has 5 nitrogen and oxygen atoms in total. The van der Waals surface area contributed by atoms with Crippen LogP contribution in [0.4, 0.5) is 10.1 Å². The molecule has 0 saturated carbocycles. The first-order valence-electron chi connectivity index (χ1n) is 10.4. The molecule has 0 bridgehead atoms. The fourth-order valence-corrected chi connectivity index (χ4v) is 4.21. The second-order valence-corrected chi connectivity index (χ2v) is 7.85. The number of nitrogens with zero attached hydrogens (tertiary/aromatic N) is 3. The molecule has 0 amide bonds. The molecule has 0 spiro atoms. The fourth-order valence-electron chi connectivity index (χ4n) is 4.21. The molecule has 1 aliphatic heterocycles. The minimum atomic E-state index is -0.957. The second-order valence-electron chi connectivity index (χ2n) is 7.85. The molecule has 0 unspecified atom stereocenters. The van der Waals surface area contributed by atoms with Gasteiger partial charge in [0, 0.05) is 37.1 Å². The molecule has 2 aromatic carbocycles. The summed E-state index contributed by atoms with van der Waals surface area (Å²) >= 11 is 0. The third-order valence-corrected chi connectivity index (χ3v) is 6.09. The lowest BCUT2D eigenvalue weighted by molar-refractivity contribution is 0.0697. The minimum Gasteiger partial charge on any atom is -0.478 e. The predicted molar refractivity (Wildman–Crippen MR) is 118 cm³/mol. The zero-order valence-corrected chi connectivity index (χ0v) is 17.3. The first-order valence-corrected chi connectivity index (χ1v) is 10.4. The molecule has 0 aliphatic carbocycles. The fraction of sp³-hybridized carbons (Fsp3) is 0.333. The van der Waals surface area contributed by atoms with Crippen molar-refractivity contribution in [2.24, 2.45) is 0 Å². The Balaban J connectivity index is 1.80. The first kappa shape index (κ1) is 20.3. The Morgan fingerprint density at radius 3 is 2.50 bits per heavy atom. The zero-order chi connectivity index (χ0) is 21.3. The highest BCUT2D eigenvalue weighted by Gasteiger charge is 2.24. The summed E-state index contributed by atoms with van der Waals surface area (Å²) < 4.78 is 13.5. The molecule has 1 aliphatic rings. The second kappa shape index (κ2) is 8.40. The average molecular weight is 407 g/mol. The molecule has 4 rings (SSSR count). The van der Waals surface area contributed by atoms with E-state index in [4.69, 9.17) is 4.98 Å². The van der Waals surface area contributed by atoms with Gasteiger partial charge < -0.3 is 14.9 Å². The van der Waals surface area contributed by atoms with Gasteiger partial charge in [0.1, 0.15) is 5.82 Å². The van der Waals surface area contributed by atoms with Crippen LogP contribution in [0.1, 0.15) is 30.1 Å². The number of halogens is 1. The monoisotopic (exact) mass is 407 g/mol. The molecule has 3 aromatic rings. The Labute approximate surface area is 175 Å². The van der Waals surface area contributed by atoms with Crippen molar-refractivity contribution in [1.82, 2.24) is 9.88 Å². The Kier molecular flexibility index (Phi) is 5.68. The third-order valence-electron chi connectivity index (χ3n) is 6.09. The Hall–Kier alpha value is -2.99. The Bertz CT molecular complexity index is 1060. The van der Waals surface area contributed by atoms with E-state index in [-0.39, 0.29) is 11.4 Å². The summed E-state index contributed by atoms with van der Waals surface area (Å²) in [5, 5.41) is 10.1. The van der Waals surface area contributed by atoms with Gasteiger partial charge in [-0.3, -0.25) is 0 Å². The van der Waals surface area contributed by atoms with Crippen molar-refractivity contribution in [1.29, 1.82) is 0 Å². The number of hydrogen-bond acceptors (Lipinski definition) is 4. The van der Waals surface area contributed by atoms with Gasteiger partial charge in [-0.2, -0.15) is 0 Å². The number of hydrogen-bond donors (Lipinski definition) is 1. The summed E-state index contributed by atoms with van der Waals surface area (Å²) in [5.41, 5.74) is 3.52. The van der Waals surface area contributed by atoms with Gasteiger partial charge in [-0.15, -0.1) is 0 Å². The van der Waals surface area contributed by atoms with E-state index in [1.165, 1.54) is 12.1 Å². The first-order chi connectivity index (χ1) is 14.5. The van der Waals surface area contributed by atoms with E-state index in [1.807, 2.05) is 6.07 Å². The number of carboxylic acids is 1. The van der Waals surface area contributed by atoms with Crippen LogP contribution >= 0.6 is 0 Å². The summed E-state index contributed by atoms with van der Waals surface area (Å²) in [7, 11) is 2.07. The molecule has 1 saturated heterocycles. The summed E-state index contributed by atoms with van der Waals surface area (Å²) in [4.78, 5) is 21.0. The zero-order valence-electron chi connectivity index (χ0n) is 17.3. The number of benzene rings is 2. The summed E-state index contributed by atoms with van der Waals surface area (Å²) in [5.74, 6) is -1.24. The Morgan fingerprint density at radius 1 is 1.17 bits per heavy atom. The van der Waals surface area contributed by atoms with Crippen LogP contribution in [0.25, 0.3) is 22.2 Å². The Morgan fingerprint density at radius 2 is 1.87 bits per heavy atom. The number of rotatable bonds is 5. The SMILES string of the molecule is CCN1CCC(N(C)c2cc3cc(C(=O)O)ccc3nc2-c2ccc(F)cc2)CC1. The smallest absolute Gasteiger partial charge is 0.335 e. The van der Waals surface area contributed by atoms with E-state index in [1.54, 1.807) is 30.3 Å². The highest BCUT2D eigenvalue weighted by molar-refractivity contribution is 5.96. The number of fused-ring (bicyclic) bond motifs is 1. The highest BCUT2D eigenvalue weighted by Crippen LogP contribution is 2.34. The maximum absolute atomic E-state index is 13.5. The van der Waals surface area contributed by atoms with E-state index in [0.29, 0.717) is 6.04 Å². The minimum absolute atomic E-state index is 0.240. The number of aromatic carboxylic acids is 1.